The molecule has 0 unspecified atom stereocenters. The fourth-order valence-corrected chi connectivity index (χ4v) is 2.46. The number of nitro benzene ring substituents is 1. The number of amides is 1. The molecule has 0 spiro atoms. The van der Waals surface area contributed by atoms with E-state index in [1.807, 2.05) is 18.2 Å². The second kappa shape index (κ2) is 5.85. The highest BCUT2D eigenvalue weighted by molar-refractivity contribution is 5.99. The zero-order valence-corrected chi connectivity index (χ0v) is 11.8. The standard InChI is InChI=1S/C16H15N3O3/c20-16-15-9-13(4-3-12(15)10-18-16)17-8-7-11-1-5-14(6-2-11)19(21)22/h1-6,9,17H,7-8,10H2,(H,18,20). The molecule has 0 atom stereocenters. The molecule has 2 aromatic carbocycles. The van der Waals surface area contributed by atoms with Crippen LogP contribution in [0.3, 0.4) is 0 Å². The Bertz CT molecular complexity index is 726. The van der Waals surface area contributed by atoms with Crippen LogP contribution in [0.25, 0.3) is 0 Å². The summed E-state index contributed by atoms with van der Waals surface area (Å²) in [5, 5.41) is 16.6. The van der Waals surface area contributed by atoms with Crippen molar-refractivity contribution in [1.29, 1.82) is 0 Å². The van der Waals surface area contributed by atoms with Crippen LogP contribution in [0.4, 0.5) is 11.4 Å². The second-order valence-corrected chi connectivity index (χ2v) is 5.15. The topological polar surface area (TPSA) is 84.3 Å². The first-order valence-corrected chi connectivity index (χ1v) is 7.02. The van der Waals surface area contributed by atoms with Crippen LogP contribution < -0.4 is 10.6 Å². The average Bonchev–Trinajstić information content (AvgIpc) is 2.89. The minimum absolute atomic E-state index is 0.0333. The molecule has 22 heavy (non-hydrogen) atoms. The maximum Gasteiger partial charge on any atom is 0.269 e. The summed E-state index contributed by atoms with van der Waals surface area (Å²) in [5.74, 6) is -0.0333. The van der Waals surface area contributed by atoms with Crippen molar-refractivity contribution in [3.05, 3.63) is 69.3 Å². The van der Waals surface area contributed by atoms with Crippen molar-refractivity contribution in [3.63, 3.8) is 0 Å². The van der Waals surface area contributed by atoms with E-state index in [0.717, 1.165) is 28.8 Å². The number of anilines is 1. The van der Waals surface area contributed by atoms with Gasteiger partial charge in [0.15, 0.2) is 0 Å². The van der Waals surface area contributed by atoms with Crippen LogP contribution in [0.1, 0.15) is 21.5 Å². The fourth-order valence-electron chi connectivity index (χ4n) is 2.46. The van der Waals surface area contributed by atoms with Gasteiger partial charge in [0.1, 0.15) is 0 Å². The van der Waals surface area contributed by atoms with Gasteiger partial charge in [0.2, 0.25) is 0 Å². The van der Waals surface area contributed by atoms with E-state index in [2.05, 4.69) is 10.6 Å². The Kier molecular flexibility index (Phi) is 3.74. The molecule has 0 saturated heterocycles. The number of nitro groups is 1. The average molecular weight is 297 g/mol. The van der Waals surface area contributed by atoms with Crippen LogP contribution in [0.15, 0.2) is 42.5 Å². The zero-order valence-electron chi connectivity index (χ0n) is 11.8. The molecule has 0 bridgehead atoms. The van der Waals surface area contributed by atoms with E-state index in [1.165, 1.54) is 12.1 Å². The zero-order chi connectivity index (χ0) is 15.5. The van der Waals surface area contributed by atoms with Crippen LogP contribution in [-0.4, -0.2) is 17.4 Å². The van der Waals surface area contributed by atoms with E-state index in [9.17, 15) is 14.9 Å². The summed E-state index contributed by atoms with van der Waals surface area (Å²) < 4.78 is 0. The Morgan fingerprint density at radius 1 is 1.18 bits per heavy atom. The summed E-state index contributed by atoms with van der Waals surface area (Å²) in [6.45, 7) is 1.29. The SMILES string of the molecule is O=C1NCc2ccc(NCCc3ccc([N+](=O)[O-])cc3)cc21. The van der Waals surface area contributed by atoms with Crippen molar-refractivity contribution >= 4 is 17.3 Å². The number of nitrogens with one attached hydrogen (secondary N) is 2. The van der Waals surface area contributed by atoms with Crippen molar-refractivity contribution in [2.75, 3.05) is 11.9 Å². The van der Waals surface area contributed by atoms with Gasteiger partial charge in [-0.05, 0) is 29.7 Å². The van der Waals surface area contributed by atoms with Crippen molar-refractivity contribution in [3.8, 4) is 0 Å². The molecule has 1 heterocycles. The van der Waals surface area contributed by atoms with Crippen LogP contribution >= 0.6 is 0 Å². The minimum atomic E-state index is -0.405. The highest BCUT2D eigenvalue weighted by atomic mass is 16.6. The predicted molar refractivity (Wildman–Crippen MR) is 82.9 cm³/mol. The Balaban J connectivity index is 1.58. The summed E-state index contributed by atoms with van der Waals surface area (Å²) in [6.07, 6.45) is 0.751. The highest BCUT2D eigenvalue weighted by Crippen LogP contribution is 2.20. The summed E-state index contributed by atoms with van der Waals surface area (Å²) in [4.78, 5) is 21.8. The number of carbonyl (C=O) groups is 1. The van der Waals surface area contributed by atoms with Crippen LogP contribution in [0.2, 0.25) is 0 Å². The van der Waals surface area contributed by atoms with E-state index in [0.29, 0.717) is 13.1 Å². The lowest BCUT2D eigenvalue weighted by Gasteiger charge is -2.07. The maximum absolute atomic E-state index is 11.6. The summed E-state index contributed by atoms with van der Waals surface area (Å²) in [5.41, 5.74) is 3.77. The van der Waals surface area contributed by atoms with Gasteiger partial charge >= 0.3 is 0 Å². The summed E-state index contributed by atoms with van der Waals surface area (Å²) in [6, 6.07) is 12.3. The lowest BCUT2D eigenvalue weighted by atomic mass is 10.1. The number of hydrogen-bond acceptors (Lipinski definition) is 4. The molecule has 6 heteroatoms. The number of non-ortho nitro benzene ring substituents is 1. The molecule has 1 aliphatic heterocycles. The number of rotatable bonds is 5. The number of carbonyl (C=O) groups excluding carboxylic acids is 1. The molecule has 0 saturated carbocycles. The molecule has 2 N–H and O–H groups in total. The molecule has 1 aliphatic rings. The quantitative estimate of drug-likeness (QED) is 0.656. The number of nitrogens with zero attached hydrogens (tertiary/aromatic N) is 1. The van der Waals surface area contributed by atoms with Gasteiger partial charge in [-0.2, -0.15) is 0 Å². The Labute approximate surface area is 127 Å². The van der Waals surface area contributed by atoms with E-state index >= 15 is 0 Å². The van der Waals surface area contributed by atoms with E-state index < -0.39 is 4.92 Å². The van der Waals surface area contributed by atoms with Crippen molar-refractivity contribution < 1.29 is 9.72 Å². The first kappa shape index (κ1) is 14.1. The smallest absolute Gasteiger partial charge is 0.269 e. The van der Waals surface area contributed by atoms with Crippen molar-refractivity contribution in [2.45, 2.75) is 13.0 Å². The normalized spacial score (nSPS) is 12.6. The van der Waals surface area contributed by atoms with Crippen LogP contribution in [0.5, 0.6) is 0 Å². The van der Waals surface area contributed by atoms with Gasteiger partial charge in [-0.3, -0.25) is 14.9 Å². The van der Waals surface area contributed by atoms with E-state index in [1.54, 1.807) is 12.1 Å². The molecular formula is C16H15N3O3. The fraction of sp³-hybridized carbons (Fsp3) is 0.188. The summed E-state index contributed by atoms with van der Waals surface area (Å²) in [7, 11) is 0. The summed E-state index contributed by atoms with van der Waals surface area (Å²) >= 11 is 0. The van der Waals surface area contributed by atoms with Crippen LogP contribution in [-0.2, 0) is 13.0 Å². The molecule has 6 nitrogen and oxygen atoms in total. The first-order valence-electron chi connectivity index (χ1n) is 7.02. The number of fused-ring (bicyclic) bond motifs is 1. The van der Waals surface area contributed by atoms with Crippen molar-refractivity contribution in [1.82, 2.24) is 5.32 Å². The number of hydrogen-bond donors (Lipinski definition) is 2. The third kappa shape index (κ3) is 2.90. The van der Waals surface area contributed by atoms with Gasteiger partial charge in [0, 0.05) is 36.5 Å². The van der Waals surface area contributed by atoms with Gasteiger partial charge in [-0.15, -0.1) is 0 Å². The lowest BCUT2D eigenvalue weighted by molar-refractivity contribution is -0.384. The predicted octanol–water partition coefficient (Wildman–Crippen LogP) is 2.49. The van der Waals surface area contributed by atoms with Crippen molar-refractivity contribution in [2.24, 2.45) is 0 Å². The molecule has 112 valence electrons. The molecule has 0 aromatic heterocycles. The Morgan fingerprint density at radius 2 is 1.95 bits per heavy atom. The number of benzene rings is 2. The molecule has 0 fully saturated rings. The Hall–Kier alpha value is -2.89. The van der Waals surface area contributed by atoms with Gasteiger partial charge in [0.25, 0.3) is 11.6 Å². The highest BCUT2D eigenvalue weighted by Gasteiger charge is 2.18. The molecule has 0 aliphatic carbocycles. The van der Waals surface area contributed by atoms with E-state index in [4.69, 9.17) is 0 Å². The molecule has 3 rings (SSSR count). The van der Waals surface area contributed by atoms with E-state index in [-0.39, 0.29) is 11.6 Å². The third-order valence-electron chi connectivity index (χ3n) is 3.68. The lowest BCUT2D eigenvalue weighted by Crippen LogP contribution is -2.12. The molecule has 0 radical (unpaired) electrons. The second-order valence-electron chi connectivity index (χ2n) is 5.15. The molecule has 1 amide bonds. The third-order valence-corrected chi connectivity index (χ3v) is 3.68. The minimum Gasteiger partial charge on any atom is -0.385 e. The van der Waals surface area contributed by atoms with Gasteiger partial charge in [-0.1, -0.05) is 18.2 Å². The van der Waals surface area contributed by atoms with Crippen LogP contribution in [0, 0.1) is 10.1 Å². The van der Waals surface area contributed by atoms with Gasteiger partial charge in [0.05, 0.1) is 4.92 Å². The monoisotopic (exact) mass is 297 g/mol. The van der Waals surface area contributed by atoms with Gasteiger partial charge < -0.3 is 10.6 Å². The first-order chi connectivity index (χ1) is 10.6. The maximum atomic E-state index is 11.6. The molecule has 2 aromatic rings. The Morgan fingerprint density at radius 3 is 2.68 bits per heavy atom. The van der Waals surface area contributed by atoms with Gasteiger partial charge in [-0.25, -0.2) is 0 Å². The molecular weight excluding hydrogens is 282 g/mol. The largest absolute Gasteiger partial charge is 0.385 e.